The van der Waals surface area contributed by atoms with Gasteiger partial charge in [-0.15, -0.1) is 0 Å². The van der Waals surface area contributed by atoms with Gasteiger partial charge in [0.05, 0.1) is 0 Å². The maximum atomic E-state index is 2.87. The van der Waals surface area contributed by atoms with Crippen LogP contribution in [0.5, 0.6) is 0 Å². The van der Waals surface area contributed by atoms with Gasteiger partial charge in [-0.2, -0.15) is 0 Å². The Bertz CT molecular complexity index is 1230. The zero-order chi connectivity index (χ0) is 21.3. The van der Waals surface area contributed by atoms with Crippen molar-refractivity contribution in [1.82, 2.24) is 4.57 Å². The summed E-state index contributed by atoms with van der Waals surface area (Å²) in [4.78, 5) is 0. The van der Waals surface area contributed by atoms with Gasteiger partial charge in [0.15, 0.2) is 0 Å². The van der Waals surface area contributed by atoms with Crippen LogP contribution in [0.2, 0.25) is 0 Å². The average molecular weight is 533 g/mol. The summed E-state index contributed by atoms with van der Waals surface area (Å²) < 4.78 is -0.450. The topological polar surface area (TPSA) is 4.93 Å². The number of hydrogen-bond donors (Lipinski definition) is 0. The fourth-order valence-corrected chi connectivity index (χ4v) is 13.4. The molecule has 0 fully saturated rings. The van der Waals surface area contributed by atoms with Crippen LogP contribution in [0.1, 0.15) is 5.69 Å². The van der Waals surface area contributed by atoms with E-state index in [0.717, 1.165) is 6.16 Å². The third kappa shape index (κ3) is 3.24. The number of benzene rings is 4. The van der Waals surface area contributed by atoms with Gasteiger partial charge in [-0.05, 0) is 0 Å². The molecule has 0 radical (unpaired) electrons. The molecule has 0 amide bonds. The number of hydrogen-bond acceptors (Lipinski definition) is 0. The minimum absolute atomic E-state index is 0.968. The monoisotopic (exact) mass is 533 g/mol. The number of aryl methyl sites for hydroxylation is 1. The van der Waals surface area contributed by atoms with Gasteiger partial charge in [0.25, 0.3) is 0 Å². The maximum absolute atomic E-state index is 2.87. The molecule has 31 heavy (non-hydrogen) atoms. The van der Waals surface area contributed by atoms with E-state index >= 15 is 0 Å². The predicted molar refractivity (Wildman–Crippen MR) is 146 cm³/mol. The van der Waals surface area contributed by atoms with Crippen molar-refractivity contribution in [3.8, 4) is 0 Å². The zero-order valence-electron chi connectivity index (χ0n) is 17.5. The summed E-state index contributed by atoms with van der Waals surface area (Å²) in [5.74, 6) is 0. The molecule has 4 aromatic carbocycles. The number of aromatic nitrogens is 1. The van der Waals surface area contributed by atoms with Crippen LogP contribution in [-0.4, -0.2) is 4.57 Å². The Morgan fingerprint density at radius 1 is 0.613 bits per heavy atom. The third-order valence-electron chi connectivity index (χ3n) is 6.39. The number of rotatable bonds is 5. The molecule has 0 spiro atoms. The molecule has 0 aliphatic carbocycles. The van der Waals surface area contributed by atoms with E-state index < -0.39 is 4.25 Å². The van der Waals surface area contributed by atoms with Crippen LogP contribution in [0.4, 0.5) is 0 Å². The van der Waals surface area contributed by atoms with E-state index in [-0.39, 0.29) is 0 Å². The third-order valence-corrected chi connectivity index (χ3v) is 17.5. The molecule has 0 atom stereocenters. The fourth-order valence-electron chi connectivity index (χ4n) is 4.74. The molecular formula is C28H25INP. The predicted octanol–water partition coefficient (Wildman–Crippen LogP) is 6.56. The van der Waals surface area contributed by atoms with Crippen molar-refractivity contribution in [1.29, 1.82) is 0 Å². The van der Waals surface area contributed by atoms with Crippen molar-refractivity contribution in [2.45, 2.75) is 6.16 Å². The van der Waals surface area contributed by atoms with Gasteiger partial charge in [0, 0.05) is 0 Å². The van der Waals surface area contributed by atoms with E-state index in [4.69, 9.17) is 0 Å². The molecule has 1 aromatic heterocycles. The minimum atomic E-state index is -2.83. The molecule has 1 heterocycles. The van der Waals surface area contributed by atoms with E-state index in [1.807, 2.05) is 0 Å². The van der Waals surface area contributed by atoms with Crippen LogP contribution in [0, 0.1) is 0 Å². The first kappa shape index (κ1) is 20.5. The van der Waals surface area contributed by atoms with E-state index in [2.05, 4.69) is 155 Å². The second kappa shape index (κ2) is 7.93. The van der Waals surface area contributed by atoms with Crippen LogP contribution < -0.4 is 15.9 Å². The standard InChI is InChI=1S/C28H25INP/c1-30-24(21-23-13-11-12-20-28(23)30)22-31(29,25-14-5-2-6-15-25,26-16-7-3-8-17-26)27-18-9-4-10-19-27/h2-21H,22H2,1H3. The first-order chi connectivity index (χ1) is 15.1. The van der Waals surface area contributed by atoms with Crippen molar-refractivity contribution in [3.63, 3.8) is 0 Å². The first-order valence-corrected chi connectivity index (χ1v) is 15.7. The van der Waals surface area contributed by atoms with Gasteiger partial charge in [-0.3, -0.25) is 0 Å². The summed E-state index contributed by atoms with van der Waals surface area (Å²) in [6, 6.07) is 44.5. The molecule has 0 aliphatic rings. The van der Waals surface area contributed by atoms with Crippen molar-refractivity contribution < 1.29 is 0 Å². The van der Waals surface area contributed by atoms with Gasteiger partial charge in [-0.25, -0.2) is 0 Å². The normalized spacial score (nSPS) is 13.0. The summed E-state index contributed by atoms with van der Waals surface area (Å²) in [5, 5.41) is 5.54. The summed E-state index contributed by atoms with van der Waals surface area (Å²) >= 11 is 2.87. The van der Waals surface area contributed by atoms with Crippen molar-refractivity contribution in [3.05, 3.63) is 127 Å². The summed E-state index contributed by atoms with van der Waals surface area (Å²) in [6.07, 6.45) is 0.968. The Labute approximate surface area is 197 Å². The van der Waals surface area contributed by atoms with Crippen molar-refractivity contribution >= 4 is 53.1 Å². The van der Waals surface area contributed by atoms with Crippen LogP contribution in [0.15, 0.2) is 121 Å². The molecular weight excluding hydrogens is 508 g/mol. The Hall–Kier alpha value is -2.42. The zero-order valence-corrected chi connectivity index (χ0v) is 20.6. The molecule has 5 aromatic rings. The fraction of sp³-hybridized carbons (Fsp3) is 0.0714. The molecule has 0 unspecified atom stereocenters. The molecule has 154 valence electrons. The molecule has 0 N–H and O–H groups in total. The molecule has 0 saturated carbocycles. The van der Waals surface area contributed by atoms with Crippen LogP contribution in [-0.2, 0) is 13.2 Å². The number of halogens is 1. The molecule has 0 aliphatic heterocycles. The second-order valence-electron chi connectivity index (χ2n) is 8.10. The van der Waals surface area contributed by atoms with Gasteiger partial charge < -0.3 is 0 Å². The Morgan fingerprint density at radius 2 is 1.03 bits per heavy atom. The van der Waals surface area contributed by atoms with Crippen molar-refractivity contribution in [2.75, 3.05) is 0 Å². The van der Waals surface area contributed by atoms with E-state index in [1.54, 1.807) is 0 Å². The number of fused-ring (bicyclic) bond motifs is 1. The van der Waals surface area contributed by atoms with E-state index in [0.29, 0.717) is 0 Å². The quantitative estimate of drug-likeness (QED) is 0.178. The number of nitrogens with zero attached hydrogens (tertiary/aromatic N) is 1. The summed E-state index contributed by atoms with van der Waals surface area (Å²) in [5.41, 5.74) is 2.65. The van der Waals surface area contributed by atoms with Crippen LogP contribution in [0.25, 0.3) is 10.9 Å². The van der Waals surface area contributed by atoms with Gasteiger partial charge in [-0.1, -0.05) is 0 Å². The molecule has 3 heteroatoms. The summed E-state index contributed by atoms with van der Waals surface area (Å²) in [6.45, 7) is 0. The van der Waals surface area contributed by atoms with Crippen LogP contribution in [0.3, 0.4) is 0 Å². The van der Waals surface area contributed by atoms with Gasteiger partial charge in [0.1, 0.15) is 0 Å². The van der Waals surface area contributed by atoms with E-state index in [9.17, 15) is 0 Å². The second-order valence-corrected chi connectivity index (χ2v) is 18.7. The van der Waals surface area contributed by atoms with Gasteiger partial charge in [0.2, 0.25) is 0 Å². The van der Waals surface area contributed by atoms with Crippen molar-refractivity contribution in [2.24, 2.45) is 7.05 Å². The average Bonchev–Trinajstić information content (AvgIpc) is 3.16. The van der Waals surface area contributed by atoms with Gasteiger partial charge >= 0.3 is 198 Å². The Balaban J connectivity index is 1.87. The summed E-state index contributed by atoms with van der Waals surface area (Å²) in [7, 11) is 2.20. The first-order valence-electron chi connectivity index (χ1n) is 10.5. The van der Waals surface area contributed by atoms with E-state index in [1.165, 1.54) is 32.5 Å². The molecule has 0 saturated heterocycles. The molecule has 1 nitrogen and oxygen atoms in total. The Kier molecular flexibility index (Phi) is 5.24. The number of para-hydroxylation sites is 1. The Morgan fingerprint density at radius 3 is 1.48 bits per heavy atom. The van der Waals surface area contributed by atoms with Crippen LogP contribution >= 0.6 is 26.3 Å². The SMILES string of the molecule is Cn1c(CP(I)(c2ccccc2)(c2ccccc2)c2ccccc2)cc2ccccc21. The molecule has 0 bridgehead atoms. The molecule has 5 rings (SSSR count).